The van der Waals surface area contributed by atoms with Crippen LogP contribution in [-0.2, 0) is 14.3 Å². The van der Waals surface area contributed by atoms with Gasteiger partial charge in [-0.2, -0.15) is 0 Å². The van der Waals surface area contributed by atoms with E-state index in [1.165, 1.54) is 18.1 Å². The lowest BCUT2D eigenvalue weighted by Gasteiger charge is -2.61. The van der Waals surface area contributed by atoms with Crippen LogP contribution in [0, 0.1) is 39.4 Å². The molecule has 6 heteroatoms. The number of rotatable bonds is 6. The van der Waals surface area contributed by atoms with Crippen LogP contribution in [0.3, 0.4) is 0 Å². The molecule has 2 saturated carbocycles. The first kappa shape index (κ1) is 29.1. The molecule has 212 valence electrons. The van der Waals surface area contributed by atoms with Crippen molar-refractivity contribution in [2.45, 2.75) is 112 Å². The van der Waals surface area contributed by atoms with E-state index in [-0.39, 0.29) is 45.7 Å². The van der Waals surface area contributed by atoms with Crippen molar-refractivity contribution < 1.29 is 29.6 Å². The molecule has 4 aliphatic carbocycles. The van der Waals surface area contributed by atoms with E-state index in [9.17, 15) is 24.9 Å². The summed E-state index contributed by atoms with van der Waals surface area (Å²) in [5, 5.41) is 31.9. The van der Waals surface area contributed by atoms with Crippen molar-refractivity contribution in [2.24, 2.45) is 39.4 Å². The molecule has 0 heterocycles. The largest absolute Gasteiger partial charge is 0.478 e. The lowest BCUT2D eigenvalue weighted by molar-refractivity contribution is -0.151. The fourth-order valence-corrected chi connectivity index (χ4v) is 9.09. The fraction of sp³-hybridized carbons (Fsp3) is 0.750. The third-order valence-corrected chi connectivity index (χ3v) is 11.9. The number of aliphatic carboxylic acids is 1. The summed E-state index contributed by atoms with van der Waals surface area (Å²) in [6.07, 6.45) is 9.49. The van der Waals surface area contributed by atoms with Crippen LogP contribution < -0.4 is 0 Å². The maximum absolute atomic E-state index is 12.0. The normalized spacial score (nSPS) is 41.6. The number of carbonyl (C=O) groups is 2. The van der Waals surface area contributed by atoms with Crippen molar-refractivity contribution in [3.8, 4) is 0 Å². The van der Waals surface area contributed by atoms with Crippen LogP contribution in [-0.4, -0.2) is 45.6 Å². The average Bonchev–Trinajstić information content (AvgIpc) is 3.04. The molecular weight excluding hydrogens is 480 g/mol. The van der Waals surface area contributed by atoms with Crippen LogP contribution in [0.1, 0.15) is 93.9 Å². The molecule has 0 aliphatic heterocycles. The lowest BCUT2D eigenvalue weighted by atomic mass is 9.44. The molecule has 4 rings (SSSR count). The molecule has 0 spiro atoms. The number of carbonyl (C=O) groups excluding carboxylic acids is 1. The number of hydrogen-bond acceptors (Lipinski definition) is 5. The molecule has 0 aromatic heterocycles. The van der Waals surface area contributed by atoms with E-state index < -0.39 is 23.6 Å². The standard InChI is InChI=1S/C32H48O6/c1-18(28(36)37)9-11-24(38-20(3)33)19(2)23-17-27(35)32(8)22-10-12-25-29(4,5)26(34)14-15-30(25,6)21(22)13-16-31(23,32)7/h9-10,13,19,23-27,34-35H,11-12,14-17H2,1-8H3,(H,36,37). The molecule has 0 amide bonds. The van der Waals surface area contributed by atoms with E-state index in [4.69, 9.17) is 4.74 Å². The van der Waals surface area contributed by atoms with Gasteiger partial charge in [0.2, 0.25) is 0 Å². The first-order valence-electron chi connectivity index (χ1n) is 14.4. The molecule has 9 unspecified atom stereocenters. The number of ether oxygens (including phenoxy) is 1. The lowest BCUT2D eigenvalue weighted by Crippen LogP contribution is -2.55. The van der Waals surface area contributed by atoms with Crippen molar-refractivity contribution in [1.29, 1.82) is 0 Å². The van der Waals surface area contributed by atoms with E-state index in [1.807, 2.05) is 0 Å². The highest BCUT2D eigenvalue weighted by Gasteiger charge is 2.66. The van der Waals surface area contributed by atoms with Crippen molar-refractivity contribution in [1.82, 2.24) is 0 Å². The Hall–Kier alpha value is -1.92. The van der Waals surface area contributed by atoms with Gasteiger partial charge in [0.15, 0.2) is 0 Å². The summed E-state index contributed by atoms with van der Waals surface area (Å²) in [4.78, 5) is 23.4. The molecule has 0 saturated heterocycles. The molecule has 2 fully saturated rings. The molecule has 9 atom stereocenters. The second kappa shape index (κ2) is 9.62. The number of carboxylic acid groups (broad SMARTS) is 1. The second-order valence-electron chi connectivity index (χ2n) is 13.9. The summed E-state index contributed by atoms with van der Waals surface area (Å²) in [5.74, 6) is -0.998. The quantitative estimate of drug-likeness (QED) is 0.296. The smallest absolute Gasteiger partial charge is 0.330 e. The molecule has 0 radical (unpaired) electrons. The molecule has 6 nitrogen and oxygen atoms in total. The number of fused-ring (bicyclic) bond motifs is 5. The van der Waals surface area contributed by atoms with Gasteiger partial charge < -0.3 is 20.1 Å². The molecular formula is C32H48O6. The minimum absolute atomic E-state index is 0.0417. The second-order valence-corrected chi connectivity index (χ2v) is 13.9. The molecule has 0 bridgehead atoms. The van der Waals surface area contributed by atoms with Crippen LogP contribution in [0.25, 0.3) is 0 Å². The van der Waals surface area contributed by atoms with Crippen molar-refractivity contribution in [3.63, 3.8) is 0 Å². The minimum atomic E-state index is -0.977. The number of hydrogen-bond donors (Lipinski definition) is 3. The van der Waals surface area contributed by atoms with Gasteiger partial charge >= 0.3 is 11.9 Å². The Balaban J connectivity index is 1.72. The Morgan fingerprint density at radius 1 is 1.08 bits per heavy atom. The molecule has 38 heavy (non-hydrogen) atoms. The summed E-state index contributed by atoms with van der Waals surface area (Å²) < 4.78 is 5.76. The highest BCUT2D eigenvalue weighted by molar-refractivity contribution is 5.85. The maximum Gasteiger partial charge on any atom is 0.330 e. The SMILES string of the molecule is CC(=O)OC(CC=C(C)C(=O)O)C(C)C1CC(O)C2(C)C3=CCC4C(C)(CCC(O)C4(C)C)C3=CCC12C. The third kappa shape index (κ3) is 4.13. The zero-order valence-corrected chi connectivity index (χ0v) is 24.5. The maximum atomic E-state index is 12.0. The van der Waals surface area contributed by atoms with E-state index in [2.05, 4.69) is 53.7 Å². The van der Waals surface area contributed by atoms with Crippen LogP contribution in [0.4, 0.5) is 0 Å². The first-order valence-corrected chi connectivity index (χ1v) is 14.4. The number of esters is 1. The minimum Gasteiger partial charge on any atom is -0.478 e. The predicted molar refractivity (Wildman–Crippen MR) is 147 cm³/mol. The summed E-state index contributed by atoms with van der Waals surface area (Å²) in [5.41, 5.74) is 1.94. The van der Waals surface area contributed by atoms with Crippen LogP contribution in [0.2, 0.25) is 0 Å². The van der Waals surface area contributed by atoms with E-state index >= 15 is 0 Å². The van der Waals surface area contributed by atoms with Crippen molar-refractivity contribution in [3.05, 3.63) is 34.9 Å². The zero-order chi connectivity index (χ0) is 28.4. The van der Waals surface area contributed by atoms with Gasteiger partial charge in [0.25, 0.3) is 0 Å². The van der Waals surface area contributed by atoms with Crippen molar-refractivity contribution >= 4 is 11.9 Å². The molecule has 0 aromatic rings. The summed E-state index contributed by atoms with van der Waals surface area (Å²) >= 11 is 0. The third-order valence-electron chi connectivity index (χ3n) is 11.9. The monoisotopic (exact) mass is 528 g/mol. The Morgan fingerprint density at radius 3 is 2.34 bits per heavy atom. The van der Waals surface area contributed by atoms with Gasteiger partial charge in [0, 0.05) is 24.3 Å². The van der Waals surface area contributed by atoms with E-state index in [1.54, 1.807) is 13.0 Å². The number of carboxylic acids is 1. The van der Waals surface area contributed by atoms with Gasteiger partial charge in [-0.25, -0.2) is 4.79 Å². The number of allylic oxidation sites excluding steroid dienone is 3. The Kier molecular flexibility index (Phi) is 7.36. The first-order chi connectivity index (χ1) is 17.5. The molecule has 3 N–H and O–H groups in total. The van der Waals surface area contributed by atoms with Crippen LogP contribution >= 0.6 is 0 Å². The summed E-state index contributed by atoms with van der Waals surface area (Å²) in [6, 6.07) is 0. The average molecular weight is 529 g/mol. The summed E-state index contributed by atoms with van der Waals surface area (Å²) in [6.45, 7) is 16.3. The topological polar surface area (TPSA) is 104 Å². The Labute approximate surface area is 228 Å². The Morgan fingerprint density at radius 2 is 1.74 bits per heavy atom. The van der Waals surface area contributed by atoms with E-state index in [0.29, 0.717) is 18.8 Å². The van der Waals surface area contributed by atoms with Gasteiger partial charge in [-0.3, -0.25) is 4.79 Å². The summed E-state index contributed by atoms with van der Waals surface area (Å²) in [7, 11) is 0. The van der Waals surface area contributed by atoms with Gasteiger partial charge in [-0.1, -0.05) is 59.8 Å². The highest BCUT2D eigenvalue weighted by Crippen LogP contribution is 2.71. The van der Waals surface area contributed by atoms with Gasteiger partial charge in [-0.05, 0) is 84.2 Å². The van der Waals surface area contributed by atoms with Gasteiger partial charge in [0.1, 0.15) is 6.10 Å². The predicted octanol–water partition coefficient (Wildman–Crippen LogP) is 5.83. The highest BCUT2D eigenvalue weighted by atomic mass is 16.5. The van der Waals surface area contributed by atoms with Crippen LogP contribution in [0.15, 0.2) is 34.9 Å². The van der Waals surface area contributed by atoms with Gasteiger partial charge in [-0.15, -0.1) is 0 Å². The van der Waals surface area contributed by atoms with Crippen molar-refractivity contribution in [2.75, 3.05) is 0 Å². The molecule has 0 aromatic carbocycles. The van der Waals surface area contributed by atoms with Crippen LogP contribution in [0.5, 0.6) is 0 Å². The van der Waals surface area contributed by atoms with Gasteiger partial charge in [0.05, 0.1) is 12.2 Å². The zero-order valence-electron chi connectivity index (χ0n) is 24.5. The fourth-order valence-electron chi connectivity index (χ4n) is 9.09. The molecule has 4 aliphatic rings. The van der Waals surface area contributed by atoms with E-state index in [0.717, 1.165) is 25.7 Å². The number of aliphatic hydroxyl groups is 2. The number of aliphatic hydroxyl groups excluding tert-OH is 2. The Bertz CT molecular complexity index is 1080.